The standard InChI is InChI=1S/C35H36F4N4O4/c1-41(18-26-31(40-47-32(26)19-7-8-19)23-5-3-4-6-30(23)46-35(37,38)39)22-15-34(16-22)13-20-9-10-21(14-34)43(20)29-12-28-24(11-27(29)36)25(33(44)45)17-42(28)2/h3-6,11-12,17,19-22H,7-10,13-16,18H2,1-2H3,(H,44,45). The van der Waals surface area contributed by atoms with E-state index in [4.69, 9.17) is 4.52 Å². The summed E-state index contributed by atoms with van der Waals surface area (Å²) in [6.07, 6.45) is 4.56. The number of carboxylic acids is 1. The number of halogens is 4. The molecule has 47 heavy (non-hydrogen) atoms. The summed E-state index contributed by atoms with van der Waals surface area (Å²) in [5.41, 5.74) is 2.99. The van der Waals surface area contributed by atoms with Gasteiger partial charge in [-0.05, 0) is 88.1 Å². The van der Waals surface area contributed by atoms with Crippen LogP contribution in [0.1, 0.15) is 79.0 Å². The Kier molecular flexibility index (Phi) is 6.91. The van der Waals surface area contributed by atoms with E-state index in [-0.39, 0.29) is 46.1 Å². The molecule has 2 aromatic carbocycles. The topological polar surface area (TPSA) is 84.0 Å². The second-order valence-electron chi connectivity index (χ2n) is 14.1. The van der Waals surface area contributed by atoms with E-state index in [9.17, 15) is 23.1 Å². The number of fused-ring (bicyclic) bond motifs is 3. The molecule has 2 unspecified atom stereocenters. The predicted molar refractivity (Wildman–Crippen MR) is 166 cm³/mol. The first-order valence-corrected chi connectivity index (χ1v) is 16.2. The van der Waals surface area contributed by atoms with Gasteiger partial charge < -0.3 is 23.8 Å². The SMILES string of the molecule is CN(Cc1c(-c2ccccc2OC(F)(F)F)noc1C1CC1)C1CC2(C1)CC1CCC(C2)N1c1cc2c(cc1F)c(C(=O)O)cn2C. The van der Waals surface area contributed by atoms with Gasteiger partial charge in [0.25, 0.3) is 0 Å². The summed E-state index contributed by atoms with van der Waals surface area (Å²) >= 11 is 0. The van der Waals surface area contributed by atoms with E-state index < -0.39 is 12.3 Å². The number of ether oxygens (including phenoxy) is 1. The van der Waals surface area contributed by atoms with Crippen molar-refractivity contribution in [3.05, 3.63) is 65.3 Å². The minimum Gasteiger partial charge on any atom is -0.478 e. The zero-order valence-corrected chi connectivity index (χ0v) is 26.2. The third-order valence-electron chi connectivity index (χ3n) is 11.0. The maximum Gasteiger partial charge on any atom is 0.573 e. The summed E-state index contributed by atoms with van der Waals surface area (Å²) in [6.45, 7) is 0.505. The van der Waals surface area contributed by atoms with Crippen LogP contribution in [0, 0.1) is 11.2 Å². The van der Waals surface area contributed by atoms with Crippen LogP contribution in [0.15, 0.2) is 47.1 Å². The van der Waals surface area contributed by atoms with Crippen LogP contribution in [0.3, 0.4) is 0 Å². The molecule has 4 aromatic rings. The van der Waals surface area contributed by atoms with E-state index in [0.717, 1.165) is 62.7 Å². The van der Waals surface area contributed by atoms with E-state index in [0.29, 0.717) is 34.9 Å². The quantitative estimate of drug-likeness (QED) is 0.194. The highest BCUT2D eigenvalue weighted by atomic mass is 19.4. The number of aromatic nitrogens is 2. The third-order valence-corrected chi connectivity index (χ3v) is 11.0. The molecule has 1 spiro atoms. The van der Waals surface area contributed by atoms with Crippen LogP contribution in [0.5, 0.6) is 5.75 Å². The number of carbonyl (C=O) groups is 1. The fourth-order valence-corrected chi connectivity index (χ4v) is 8.79. The number of benzene rings is 2. The molecule has 2 saturated heterocycles. The van der Waals surface area contributed by atoms with Crippen LogP contribution in [0.25, 0.3) is 22.2 Å². The normalized spacial score (nSPS) is 25.6. The van der Waals surface area contributed by atoms with E-state index in [2.05, 4.69) is 26.7 Å². The van der Waals surface area contributed by atoms with Gasteiger partial charge in [0.2, 0.25) is 0 Å². The maximum atomic E-state index is 15.6. The molecule has 4 aliphatic rings. The minimum atomic E-state index is -4.82. The van der Waals surface area contributed by atoms with E-state index >= 15 is 4.39 Å². The number of rotatable bonds is 8. The summed E-state index contributed by atoms with van der Waals surface area (Å²) in [6, 6.07) is 9.96. The predicted octanol–water partition coefficient (Wildman–Crippen LogP) is 7.86. The molecular formula is C35H36F4N4O4. The number of para-hydroxylation sites is 1. The summed E-state index contributed by atoms with van der Waals surface area (Å²) in [5.74, 6) is -0.773. The van der Waals surface area contributed by atoms with Crippen molar-refractivity contribution in [2.75, 3.05) is 11.9 Å². The number of nitrogens with zero attached hydrogens (tertiary/aromatic N) is 4. The van der Waals surface area contributed by atoms with Crippen LogP contribution in [0.2, 0.25) is 0 Å². The van der Waals surface area contributed by atoms with Crippen molar-refractivity contribution in [2.45, 2.75) is 88.3 Å². The number of piperidine rings is 1. The Hall–Kier alpha value is -4.06. The monoisotopic (exact) mass is 652 g/mol. The van der Waals surface area contributed by atoms with Gasteiger partial charge in [-0.3, -0.25) is 4.90 Å². The number of aromatic carboxylic acids is 1. The Morgan fingerprint density at radius 1 is 1.11 bits per heavy atom. The zero-order chi connectivity index (χ0) is 32.8. The van der Waals surface area contributed by atoms with Gasteiger partial charge in [-0.1, -0.05) is 17.3 Å². The number of alkyl halides is 3. The van der Waals surface area contributed by atoms with Crippen LogP contribution < -0.4 is 9.64 Å². The molecule has 2 saturated carbocycles. The molecule has 4 fully saturated rings. The second kappa shape index (κ2) is 10.7. The number of carboxylic acid groups (broad SMARTS) is 1. The highest BCUT2D eigenvalue weighted by Crippen LogP contribution is 2.58. The van der Waals surface area contributed by atoms with Gasteiger partial charge in [-0.15, -0.1) is 13.2 Å². The van der Waals surface area contributed by atoms with Crippen molar-refractivity contribution in [3.63, 3.8) is 0 Å². The summed E-state index contributed by atoms with van der Waals surface area (Å²) < 4.78 is 67.1. The lowest BCUT2D eigenvalue weighted by atomic mass is 9.58. The molecule has 2 aromatic heterocycles. The molecule has 1 N–H and O–H groups in total. The van der Waals surface area contributed by atoms with Crippen molar-refractivity contribution in [3.8, 4) is 17.0 Å². The smallest absolute Gasteiger partial charge is 0.478 e. The number of anilines is 1. The highest BCUT2D eigenvalue weighted by molar-refractivity contribution is 6.04. The molecule has 2 aliphatic heterocycles. The highest BCUT2D eigenvalue weighted by Gasteiger charge is 2.55. The Morgan fingerprint density at radius 2 is 1.81 bits per heavy atom. The maximum absolute atomic E-state index is 15.6. The first kappa shape index (κ1) is 30.3. The molecule has 248 valence electrons. The Balaban J connectivity index is 0.992. The molecule has 12 heteroatoms. The average molecular weight is 653 g/mol. The molecule has 2 atom stereocenters. The number of hydrogen-bond acceptors (Lipinski definition) is 6. The first-order chi connectivity index (χ1) is 22.4. The summed E-state index contributed by atoms with van der Waals surface area (Å²) in [7, 11) is 3.84. The number of aryl methyl sites for hydroxylation is 1. The minimum absolute atomic E-state index is 0.0968. The largest absolute Gasteiger partial charge is 0.573 e. The Morgan fingerprint density at radius 3 is 2.47 bits per heavy atom. The van der Waals surface area contributed by atoms with E-state index in [1.165, 1.54) is 24.4 Å². The van der Waals surface area contributed by atoms with Gasteiger partial charge in [0.1, 0.15) is 23.0 Å². The molecule has 2 bridgehead atoms. The third kappa shape index (κ3) is 5.25. The van der Waals surface area contributed by atoms with Crippen molar-refractivity contribution < 1.29 is 36.7 Å². The van der Waals surface area contributed by atoms with E-state index in [1.807, 2.05) is 6.07 Å². The Bertz CT molecular complexity index is 1860. The van der Waals surface area contributed by atoms with Crippen LogP contribution in [-0.2, 0) is 13.6 Å². The van der Waals surface area contributed by atoms with Crippen molar-refractivity contribution >= 4 is 22.6 Å². The fourth-order valence-electron chi connectivity index (χ4n) is 8.79. The van der Waals surface area contributed by atoms with E-state index in [1.54, 1.807) is 23.7 Å². The second-order valence-corrected chi connectivity index (χ2v) is 14.1. The molecule has 8 nitrogen and oxygen atoms in total. The lowest BCUT2D eigenvalue weighted by molar-refractivity contribution is -0.274. The summed E-state index contributed by atoms with van der Waals surface area (Å²) in [4.78, 5) is 16.2. The molecular weight excluding hydrogens is 616 g/mol. The van der Waals surface area contributed by atoms with Crippen LogP contribution in [0.4, 0.5) is 23.2 Å². The van der Waals surface area contributed by atoms with Gasteiger partial charge >= 0.3 is 12.3 Å². The molecule has 4 heterocycles. The average Bonchev–Trinajstić information content (AvgIpc) is 3.60. The fraction of sp³-hybridized carbons (Fsp3) is 0.486. The van der Waals surface area contributed by atoms with Crippen LogP contribution in [-0.4, -0.2) is 57.2 Å². The Labute approximate surface area is 268 Å². The van der Waals surface area contributed by atoms with Gasteiger partial charge in [0.05, 0.1) is 16.8 Å². The molecule has 2 aliphatic carbocycles. The molecule has 8 rings (SSSR count). The number of hydrogen-bond donors (Lipinski definition) is 1. The van der Waals surface area contributed by atoms with Gasteiger partial charge in [0, 0.05) is 60.3 Å². The summed E-state index contributed by atoms with van der Waals surface area (Å²) in [5, 5.41) is 14.3. The lowest BCUT2D eigenvalue weighted by Gasteiger charge is -2.57. The van der Waals surface area contributed by atoms with Crippen molar-refractivity contribution in [1.29, 1.82) is 0 Å². The van der Waals surface area contributed by atoms with Gasteiger partial charge in [0.15, 0.2) is 0 Å². The molecule has 0 amide bonds. The van der Waals surface area contributed by atoms with Crippen LogP contribution >= 0.6 is 0 Å². The molecule has 0 radical (unpaired) electrons. The van der Waals surface area contributed by atoms with Crippen molar-refractivity contribution in [1.82, 2.24) is 14.6 Å². The zero-order valence-electron chi connectivity index (χ0n) is 26.2. The first-order valence-electron chi connectivity index (χ1n) is 16.2. The van der Waals surface area contributed by atoms with Crippen molar-refractivity contribution in [2.24, 2.45) is 12.5 Å². The van der Waals surface area contributed by atoms with Gasteiger partial charge in [-0.2, -0.15) is 0 Å². The van der Waals surface area contributed by atoms with Gasteiger partial charge in [-0.25, -0.2) is 9.18 Å². The lowest BCUT2D eigenvalue weighted by Crippen LogP contribution is -2.57.